The molecule has 1 aromatic rings. The van der Waals surface area contributed by atoms with Crippen LogP contribution in [0.5, 0.6) is 0 Å². The quantitative estimate of drug-likeness (QED) is 0.690. The SMILES string of the molecule is Cc1cc(C(C)C)c(NC(=O)NS(=O)(=O)N2C(C)CC(C)CC2C)c(C(C)C)c1. The Morgan fingerprint density at radius 1 is 1.00 bits per heavy atom. The molecule has 1 heterocycles. The van der Waals surface area contributed by atoms with Crippen LogP contribution in [-0.4, -0.2) is 30.8 Å². The summed E-state index contributed by atoms with van der Waals surface area (Å²) < 4.78 is 29.6. The molecule has 0 aliphatic carbocycles. The second-order valence-corrected chi connectivity index (χ2v) is 10.9. The van der Waals surface area contributed by atoms with E-state index in [0.29, 0.717) is 11.6 Å². The number of aryl methyl sites for hydroxylation is 1. The Bertz CT molecular complexity index is 808. The Morgan fingerprint density at radius 3 is 1.86 bits per heavy atom. The molecule has 6 nitrogen and oxygen atoms in total. The van der Waals surface area contributed by atoms with Crippen molar-refractivity contribution in [1.29, 1.82) is 0 Å². The van der Waals surface area contributed by atoms with Crippen LogP contribution in [-0.2, 0) is 10.2 Å². The van der Waals surface area contributed by atoms with E-state index in [4.69, 9.17) is 0 Å². The number of hydrogen-bond donors (Lipinski definition) is 2. The van der Waals surface area contributed by atoms with Crippen molar-refractivity contribution in [3.63, 3.8) is 0 Å². The molecule has 164 valence electrons. The van der Waals surface area contributed by atoms with E-state index in [9.17, 15) is 13.2 Å². The summed E-state index contributed by atoms with van der Waals surface area (Å²) in [5.41, 5.74) is 3.85. The summed E-state index contributed by atoms with van der Waals surface area (Å²) in [4.78, 5) is 12.8. The highest BCUT2D eigenvalue weighted by molar-refractivity contribution is 7.87. The van der Waals surface area contributed by atoms with Crippen LogP contribution in [0.1, 0.15) is 89.8 Å². The summed E-state index contributed by atoms with van der Waals surface area (Å²) in [6.45, 7) is 16.2. The maximum Gasteiger partial charge on any atom is 0.333 e. The first kappa shape index (κ1) is 23.7. The number of carbonyl (C=O) groups excluding carboxylic acids is 1. The lowest BCUT2D eigenvalue weighted by Crippen LogP contribution is -2.55. The molecule has 0 spiro atoms. The summed E-state index contributed by atoms with van der Waals surface area (Å²) in [6, 6.07) is 3.11. The summed E-state index contributed by atoms with van der Waals surface area (Å²) in [5.74, 6) is 0.862. The number of amides is 2. The molecule has 2 unspecified atom stereocenters. The molecular weight excluding hydrogens is 386 g/mol. The van der Waals surface area contributed by atoms with Crippen molar-refractivity contribution in [1.82, 2.24) is 9.03 Å². The largest absolute Gasteiger partial charge is 0.333 e. The van der Waals surface area contributed by atoms with Crippen molar-refractivity contribution >= 4 is 21.9 Å². The smallest absolute Gasteiger partial charge is 0.307 e. The second kappa shape index (κ2) is 9.04. The monoisotopic (exact) mass is 423 g/mol. The summed E-state index contributed by atoms with van der Waals surface area (Å²) >= 11 is 0. The Labute approximate surface area is 176 Å². The number of piperidine rings is 1. The molecule has 1 aromatic carbocycles. The van der Waals surface area contributed by atoms with Gasteiger partial charge in [0.2, 0.25) is 0 Å². The van der Waals surface area contributed by atoms with Crippen molar-refractivity contribution in [3.8, 4) is 0 Å². The Balaban J connectivity index is 2.29. The molecule has 1 saturated heterocycles. The minimum Gasteiger partial charge on any atom is -0.307 e. The number of urea groups is 1. The molecule has 1 aliphatic rings. The van der Waals surface area contributed by atoms with Crippen molar-refractivity contribution in [2.24, 2.45) is 5.92 Å². The summed E-state index contributed by atoms with van der Waals surface area (Å²) in [7, 11) is -3.93. The Kier molecular flexibility index (Phi) is 7.38. The number of rotatable bonds is 5. The Morgan fingerprint density at radius 2 is 1.45 bits per heavy atom. The highest BCUT2D eigenvalue weighted by Gasteiger charge is 2.38. The maximum absolute atomic E-state index is 13.0. The van der Waals surface area contributed by atoms with Crippen LogP contribution < -0.4 is 10.0 Å². The first-order chi connectivity index (χ1) is 13.3. The third-order valence-electron chi connectivity index (χ3n) is 5.68. The molecule has 2 atom stereocenters. The molecule has 1 aliphatic heterocycles. The van der Waals surface area contributed by atoms with E-state index in [0.717, 1.165) is 29.5 Å². The van der Waals surface area contributed by atoms with Gasteiger partial charge in [0, 0.05) is 17.8 Å². The zero-order chi connectivity index (χ0) is 22.1. The van der Waals surface area contributed by atoms with Gasteiger partial charge in [0.05, 0.1) is 0 Å². The van der Waals surface area contributed by atoms with Crippen molar-refractivity contribution in [3.05, 3.63) is 28.8 Å². The molecule has 1 fully saturated rings. The van der Waals surface area contributed by atoms with Crippen LogP contribution in [0.15, 0.2) is 12.1 Å². The van der Waals surface area contributed by atoms with E-state index in [1.807, 2.05) is 20.8 Å². The topological polar surface area (TPSA) is 78.5 Å². The molecule has 2 amide bonds. The number of benzene rings is 1. The van der Waals surface area contributed by atoms with Gasteiger partial charge < -0.3 is 5.32 Å². The highest BCUT2D eigenvalue weighted by atomic mass is 32.2. The molecule has 2 rings (SSSR count). The van der Waals surface area contributed by atoms with Crippen LogP contribution >= 0.6 is 0 Å². The highest BCUT2D eigenvalue weighted by Crippen LogP contribution is 2.34. The van der Waals surface area contributed by atoms with E-state index < -0.39 is 16.2 Å². The third kappa shape index (κ3) is 5.51. The Hall–Kier alpha value is -1.60. The first-order valence-electron chi connectivity index (χ1n) is 10.6. The zero-order valence-electron chi connectivity index (χ0n) is 19.0. The summed E-state index contributed by atoms with van der Waals surface area (Å²) in [6.07, 6.45) is 1.58. The third-order valence-corrected chi connectivity index (χ3v) is 7.40. The fourth-order valence-corrected chi connectivity index (χ4v) is 6.09. The standard InChI is InChI=1S/C22H37N3O3S/c1-13(2)19-11-16(6)12-20(14(3)4)21(19)23-22(26)24-29(27,28)25-17(7)9-15(5)10-18(25)8/h11-15,17-18H,9-10H2,1-8H3,(H2,23,24,26). The molecule has 0 radical (unpaired) electrons. The average Bonchev–Trinajstić information content (AvgIpc) is 2.53. The van der Waals surface area contributed by atoms with E-state index in [1.54, 1.807) is 0 Å². The van der Waals surface area contributed by atoms with E-state index in [-0.39, 0.29) is 23.9 Å². The predicted octanol–water partition coefficient (Wildman–Crippen LogP) is 5.12. The number of carbonyl (C=O) groups is 1. The minimum atomic E-state index is -3.93. The van der Waals surface area contributed by atoms with Gasteiger partial charge in [-0.1, -0.05) is 52.3 Å². The normalized spacial score (nSPS) is 23.4. The lowest BCUT2D eigenvalue weighted by atomic mass is 9.90. The van der Waals surface area contributed by atoms with Gasteiger partial charge in [0.15, 0.2) is 0 Å². The lowest BCUT2D eigenvalue weighted by Gasteiger charge is -2.40. The molecule has 0 aromatic heterocycles. The van der Waals surface area contributed by atoms with Crippen molar-refractivity contribution in [2.45, 2.75) is 92.2 Å². The zero-order valence-corrected chi connectivity index (χ0v) is 19.9. The van der Waals surface area contributed by atoms with Crippen LogP contribution in [0, 0.1) is 12.8 Å². The predicted molar refractivity (Wildman–Crippen MR) is 120 cm³/mol. The second-order valence-electron chi connectivity index (χ2n) is 9.29. The summed E-state index contributed by atoms with van der Waals surface area (Å²) in [5, 5.41) is 2.85. The van der Waals surface area contributed by atoms with Crippen molar-refractivity contribution < 1.29 is 13.2 Å². The number of anilines is 1. The fourth-order valence-electron chi connectivity index (χ4n) is 4.58. The van der Waals surface area contributed by atoms with Crippen LogP contribution in [0.3, 0.4) is 0 Å². The van der Waals surface area contributed by atoms with Crippen molar-refractivity contribution in [2.75, 3.05) is 5.32 Å². The van der Waals surface area contributed by atoms with Crippen LogP contribution in [0.25, 0.3) is 0 Å². The van der Waals surface area contributed by atoms with Gasteiger partial charge in [-0.15, -0.1) is 0 Å². The van der Waals surface area contributed by atoms with E-state index in [2.05, 4.69) is 56.8 Å². The lowest BCUT2D eigenvalue weighted by molar-refractivity contribution is 0.161. The van der Waals surface area contributed by atoms with Gasteiger partial charge in [-0.3, -0.25) is 0 Å². The molecular formula is C22H37N3O3S. The fraction of sp³-hybridized carbons (Fsp3) is 0.682. The minimum absolute atomic E-state index is 0.143. The number of hydrogen-bond acceptors (Lipinski definition) is 3. The van der Waals surface area contributed by atoms with Crippen LogP contribution in [0.4, 0.5) is 10.5 Å². The molecule has 0 saturated carbocycles. The van der Waals surface area contributed by atoms with Gasteiger partial charge in [0.1, 0.15) is 0 Å². The van der Waals surface area contributed by atoms with Gasteiger partial charge in [0.25, 0.3) is 0 Å². The van der Waals surface area contributed by atoms with Gasteiger partial charge in [-0.2, -0.15) is 12.7 Å². The number of nitrogens with one attached hydrogen (secondary N) is 2. The molecule has 29 heavy (non-hydrogen) atoms. The maximum atomic E-state index is 13.0. The van der Waals surface area contributed by atoms with E-state index >= 15 is 0 Å². The van der Waals surface area contributed by atoms with Gasteiger partial charge in [-0.05, 0) is 62.5 Å². The van der Waals surface area contributed by atoms with Gasteiger partial charge in [-0.25, -0.2) is 9.52 Å². The molecule has 2 N–H and O–H groups in total. The molecule has 0 bridgehead atoms. The first-order valence-corrected chi connectivity index (χ1v) is 12.0. The number of nitrogens with zero attached hydrogens (tertiary/aromatic N) is 1. The van der Waals surface area contributed by atoms with E-state index in [1.165, 1.54) is 4.31 Å². The van der Waals surface area contributed by atoms with Crippen LogP contribution in [0.2, 0.25) is 0 Å². The molecule has 7 heteroatoms. The van der Waals surface area contributed by atoms with Gasteiger partial charge >= 0.3 is 16.2 Å². The average molecular weight is 424 g/mol.